The van der Waals surface area contributed by atoms with Gasteiger partial charge in [0.1, 0.15) is 0 Å². The lowest BCUT2D eigenvalue weighted by molar-refractivity contribution is 0.174. The van der Waals surface area contributed by atoms with E-state index in [0.29, 0.717) is 28.7 Å². The minimum absolute atomic E-state index is 0.185. The third kappa shape index (κ3) is 3.25. The van der Waals surface area contributed by atoms with Gasteiger partial charge in [0.2, 0.25) is 12.7 Å². The number of benzene rings is 2. The molecule has 2 N–H and O–H groups in total. The second kappa shape index (κ2) is 6.19. The van der Waals surface area contributed by atoms with Crippen LogP contribution in [0.15, 0.2) is 42.6 Å². The van der Waals surface area contributed by atoms with E-state index in [9.17, 15) is 8.78 Å². The van der Waals surface area contributed by atoms with Gasteiger partial charge in [0.15, 0.2) is 29.0 Å². The van der Waals surface area contributed by atoms with E-state index in [4.69, 9.17) is 9.47 Å². The zero-order chi connectivity index (χ0) is 17.2. The SMILES string of the molecule is Fc1ccc(Nc2cnnc(Nc3ccc4c(c3)OCO4)n2)cc1F. The smallest absolute Gasteiger partial charge is 0.249 e. The molecule has 0 unspecified atom stereocenters. The molecule has 2 heterocycles. The Morgan fingerprint density at radius 2 is 1.68 bits per heavy atom. The zero-order valence-corrected chi connectivity index (χ0v) is 12.7. The highest BCUT2D eigenvalue weighted by Crippen LogP contribution is 2.34. The molecule has 0 saturated heterocycles. The van der Waals surface area contributed by atoms with Gasteiger partial charge in [-0.05, 0) is 24.3 Å². The number of aromatic nitrogens is 3. The summed E-state index contributed by atoms with van der Waals surface area (Å²) in [6.07, 6.45) is 1.37. The standard InChI is InChI=1S/C16H11F2N5O2/c17-11-3-1-9(5-12(11)18)20-15-7-19-23-16(22-15)21-10-2-4-13-14(6-10)25-8-24-13/h1-7H,8H2,(H2,20,21,22,23). The van der Waals surface area contributed by atoms with Crippen LogP contribution in [0.4, 0.5) is 31.9 Å². The summed E-state index contributed by atoms with van der Waals surface area (Å²) in [6.45, 7) is 0.185. The molecule has 0 fully saturated rings. The van der Waals surface area contributed by atoms with Gasteiger partial charge in [-0.15, -0.1) is 5.10 Å². The first-order chi connectivity index (χ1) is 12.2. The maximum Gasteiger partial charge on any atom is 0.249 e. The molecule has 1 aliphatic rings. The molecule has 7 nitrogen and oxygen atoms in total. The molecule has 0 amide bonds. The van der Waals surface area contributed by atoms with Crippen molar-refractivity contribution in [2.24, 2.45) is 0 Å². The van der Waals surface area contributed by atoms with Gasteiger partial charge in [-0.3, -0.25) is 0 Å². The van der Waals surface area contributed by atoms with Crippen molar-refractivity contribution in [1.82, 2.24) is 15.2 Å². The number of nitrogens with zero attached hydrogens (tertiary/aromatic N) is 3. The molecular weight excluding hydrogens is 332 g/mol. The van der Waals surface area contributed by atoms with Crippen molar-refractivity contribution in [3.05, 3.63) is 54.2 Å². The van der Waals surface area contributed by atoms with Crippen molar-refractivity contribution < 1.29 is 18.3 Å². The topological polar surface area (TPSA) is 81.2 Å². The van der Waals surface area contributed by atoms with Crippen LogP contribution >= 0.6 is 0 Å². The lowest BCUT2D eigenvalue weighted by Crippen LogP contribution is -2.02. The van der Waals surface area contributed by atoms with Crippen LogP contribution in [-0.4, -0.2) is 22.0 Å². The van der Waals surface area contributed by atoms with E-state index >= 15 is 0 Å². The van der Waals surface area contributed by atoms with Crippen LogP contribution in [0.1, 0.15) is 0 Å². The zero-order valence-electron chi connectivity index (χ0n) is 12.7. The molecule has 9 heteroatoms. The Bertz CT molecular complexity index is 938. The van der Waals surface area contributed by atoms with Crippen molar-refractivity contribution >= 4 is 23.1 Å². The van der Waals surface area contributed by atoms with Crippen molar-refractivity contribution in [1.29, 1.82) is 0 Å². The van der Waals surface area contributed by atoms with Gasteiger partial charge in [-0.2, -0.15) is 10.1 Å². The largest absolute Gasteiger partial charge is 0.454 e. The quantitative estimate of drug-likeness (QED) is 0.752. The van der Waals surface area contributed by atoms with Crippen LogP contribution in [-0.2, 0) is 0 Å². The highest BCUT2D eigenvalue weighted by atomic mass is 19.2. The van der Waals surface area contributed by atoms with Crippen LogP contribution in [0.25, 0.3) is 0 Å². The van der Waals surface area contributed by atoms with Gasteiger partial charge in [0.25, 0.3) is 0 Å². The monoisotopic (exact) mass is 343 g/mol. The molecule has 0 radical (unpaired) electrons. The molecule has 126 valence electrons. The number of halogens is 2. The van der Waals surface area contributed by atoms with Gasteiger partial charge in [-0.1, -0.05) is 0 Å². The molecule has 3 aromatic rings. The Labute approximate surface area is 140 Å². The summed E-state index contributed by atoms with van der Waals surface area (Å²) in [5.41, 5.74) is 1.03. The van der Waals surface area contributed by atoms with Crippen molar-refractivity contribution in [3.63, 3.8) is 0 Å². The molecule has 1 aromatic heterocycles. The Hall–Kier alpha value is -3.49. The van der Waals surface area contributed by atoms with E-state index in [-0.39, 0.29) is 12.7 Å². The Kier molecular flexibility index (Phi) is 3.73. The van der Waals surface area contributed by atoms with Gasteiger partial charge in [0.05, 0.1) is 6.20 Å². The predicted octanol–water partition coefficient (Wildman–Crippen LogP) is 3.37. The molecule has 0 bridgehead atoms. The highest BCUT2D eigenvalue weighted by molar-refractivity contribution is 5.62. The number of fused-ring (bicyclic) bond motifs is 1. The van der Waals surface area contributed by atoms with Gasteiger partial charge >= 0.3 is 0 Å². The van der Waals surface area contributed by atoms with Crippen LogP contribution in [0, 0.1) is 11.6 Å². The first-order valence-corrected chi connectivity index (χ1v) is 7.26. The summed E-state index contributed by atoms with van der Waals surface area (Å²) >= 11 is 0. The summed E-state index contributed by atoms with van der Waals surface area (Å²) in [7, 11) is 0. The fourth-order valence-corrected chi connectivity index (χ4v) is 2.24. The number of ether oxygens (including phenoxy) is 2. The molecule has 4 rings (SSSR count). The van der Waals surface area contributed by atoms with Gasteiger partial charge in [0, 0.05) is 23.5 Å². The van der Waals surface area contributed by atoms with E-state index in [1.54, 1.807) is 18.2 Å². The molecule has 0 spiro atoms. The Morgan fingerprint density at radius 1 is 0.880 bits per heavy atom. The van der Waals surface area contributed by atoms with Crippen LogP contribution in [0.2, 0.25) is 0 Å². The lowest BCUT2D eigenvalue weighted by atomic mass is 10.3. The van der Waals surface area contributed by atoms with Crippen molar-refractivity contribution in [3.8, 4) is 11.5 Å². The molecule has 0 atom stereocenters. The number of hydrogen-bond acceptors (Lipinski definition) is 7. The average molecular weight is 343 g/mol. The van der Waals surface area contributed by atoms with Gasteiger partial charge < -0.3 is 20.1 Å². The molecule has 2 aromatic carbocycles. The maximum absolute atomic E-state index is 13.3. The van der Waals surface area contributed by atoms with Crippen LogP contribution in [0.5, 0.6) is 11.5 Å². The normalized spacial score (nSPS) is 12.1. The number of hydrogen-bond donors (Lipinski definition) is 2. The maximum atomic E-state index is 13.3. The van der Waals surface area contributed by atoms with Crippen molar-refractivity contribution in [2.75, 3.05) is 17.4 Å². The van der Waals surface area contributed by atoms with E-state index in [1.165, 1.54) is 12.3 Å². The molecule has 0 aliphatic carbocycles. The van der Waals surface area contributed by atoms with E-state index in [1.807, 2.05) is 0 Å². The minimum atomic E-state index is -0.953. The van der Waals surface area contributed by atoms with Gasteiger partial charge in [-0.25, -0.2) is 8.78 Å². The van der Waals surface area contributed by atoms with E-state index in [0.717, 1.165) is 12.1 Å². The van der Waals surface area contributed by atoms with Crippen LogP contribution in [0.3, 0.4) is 0 Å². The Balaban J connectivity index is 1.52. The summed E-state index contributed by atoms with van der Waals surface area (Å²) in [5, 5.41) is 13.5. The second-order valence-electron chi connectivity index (χ2n) is 5.11. The lowest BCUT2D eigenvalue weighted by Gasteiger charge is -2.08. The average Bonchev–Trinajstić information content (AvgIpc) is 3.06. The third-order valence-corrected chi connectivity index (χ3v) is 3.38. The summed E-state index contributed by atoms with van der Waals surface area (Å²) < 4.78 is 36.8. The fourth-order valence-electron chi connectivity index (χ4n) is 2.24. The number of anilines is 4. The molecule has 0 saturated carbocycles. The second-order valence-corrected chi connectivity index (χ2v) is 5.11. The minimum Gasteiger partial charge on any atom is -0.454 e. The number of nitrogens with one attached hydrogen (secondary N) is 2. The molecular formula is C16H11F2N5O2. The predicted molar refractivity (Wildman–Crippen MR) is 85.3 cm³/mol. The molecule has 1 aliphatic heterocycles. The fraction of sp³-hybridized carbons (Fsp3) is 0.0625. The molecule has 25 heavy (non-hydrogen) atoms. The third-order valence-electron chi connectivity index (χ3n) is 3.38. The van der Waals surface area contributed by atoms with Crippen LogP contribution < -0.4 is 20.1 Å². The summed E-state index contributed by atoms with van der Waals surface area (Å²) in [5.74, 6) is -0.0367. The highest BCUT2D eigenvalue weighted by Gasteiger charge is 2.13. The van der Waals surface area contributed by atoms with E-state index < -0.39 is 11.6 Å². The summed E-state index contributed by atoms with van der Waals surface area (Å²) in [6, 6.07) is 8.75. The first kappa shape index (κ1) is 15.1. The van der Waals surface area contributed by atoms with E-state index in [2.05, 4.69) is 25.8 Å². The van der Waals surface area contributed by atoms with Crippen molar-refractivity contribution in [2.45, 2.75) is 0 Å². The summed E-state index contributed by atoms with van der Waals surface area (Å²) in [4.78, 5) is 4.22. The number of rotatable bonds is 4. The first-order valence-electron chi connectivity index (χ1n) is 7.26. The Morgan fingerprint density at radius 3 is 2.56 bits per heavy atom.